The lowest BCUT2D eigenvalue weighted by Crippen LogP contribution is -2.60. The Kier molecular flexibility index (Phi) is 9.54. The zero-order valence-corrected chi connectivity index (χ0v) is 21.2. The van der Waals surface area contributed by atoms with Crippen molar-refractivity contribution < 1.29 is 28.5 Å². The van der Waals surface area contributed by atoms with Crippen LogP contribution in [0.4, 0.5) is 0 Å². The van der Waals surface area contributed by atoms with E-state index >= 15 is 0 Å². The maximum absolute atomic E-state index is 12.0. The Hall–Kier alpha value is -1.24. The molecular formula is C27H44O6. The molecule has 0 spiro atoms. The van der Waals surface area contributed by atoms with E-state index in [0.717, 1.165) is 50.4 Å². The smallest absolute Gasteiger partial charge is 0.303 e. The van der Waals surface area contributed by atoms with Crippen LogP contribution in [0.1, 0.15) is 86.0 Å². The van der Waals surface area contributed by atoms with Gasteiger partial charge >= 0.3 is 5.97 Å². The summed E-state index contributed by atoms with van der Waals surface area (Å²) in [5.41, 5.74) is 1.06. The van der Waals surface area contributed by atoms with E-state index in [9.17, 15) is 9.59 Å². The molecule has 0 aromatic rings. The van der Waals surface area contributed by atoms with Gasteiger partial charge < -0.3 is 23.7 Å². The van der Waals surface area contributed by atoms with Crippen LogP contribution in [0.15, 0.2) is 12.2 Å². The SMILES string of the molecule is C=C1C(C[C@@H]2O[C@H]3C[C@@H](CC)[C@@H](CCC)O[C@H]3[C@H](C)[C@H]2OC(C)=O)O[C@@H](CCC=O)C[C@H]1C. The van der Waals surface area contributed by atoms with Crippen LogP contribution < -0.4 is 0 Å². The molecule has 3 rings (SSSR count). The molecule has 0 amide bonds. The molecule has 0 saturated carbocycles. The van der Waals surface area contributed by atoms with E-state index in [2.05, 4.69) is 34.3 Å². The number of carbonyl (C=O) groups excluding carboxylic acids is 2. The summed E-state index contributed by atoms with van der Waals surface area (Å²) in [4.78, 5) is 22.9. The van der Waals surface area contributed by atoms with Gasteiger partial charge in [0.1, 0.15) is 12.4 Å². The Balaban J connectivity index is 1.77. The van der Waals surface area contributed by atoms with Crippen LogP contribution >= 0.6 is 0 Å². The Bertz CT molecular complexity index is 678. The largest absolute Gasteiger partial charge is 0.459 e. The highest BCUT2D eigenvalue weighted by molar-refractivity contribution is 5.66. The van der Waals surface area contributed by atoms with Gasteiger partial charge in [0.2, 0.25) is 0 Å². The molecule has 188 valence electrons. The third kappa shape index (κ3) is 6.26. The number of aldehydes is 1. The predicted molar refractivity (Wildman–Crippen MR) is 127 cm³/mol. The maximum Gasteiger partial charge on any atom is 0.303 e. The van der Waals surface area contributed by atoms with Crippen LogP contribution in [0, 0.1) is 17.8 Å². The standard InChI is InChI=1S/C27H44O6/c1-7-10-22-20(8-2)14-24-27(33-22)18(5)26(30-19(6)29)25(32-24)15-23-17(4)16(3)13-21(31-23)11-9-12-28/h12,16,18,20-27H,4,7-11,13-15H2,1-3,5-6H3/t16-,18-,20-,21+,22-,23?,24+,25+,26-,27+/m1/s1. The molecule has 0 aliphatic carbocycles. The van der Waals surface area contributed by atoms with Crippen molar-refractivity contribution in [1.82, 2.24) is 0 Å². The molecule has 0 N–H and O–H groups in total. The quantitative estimate of drug-likeness (QED) is 0.271. The normalized spacial score (nSPS) is 41.3. The van der Waals surface area contributed by atoms with Gasteiger partial charge in [-0.25, -0.2) is 0 Å². The van der Waals surface area contributed by atoms with Gasteiger partial charge in [0.15, 0.2) is 0 Å². The molecule has 3 fully saturated rings. The Morgan fingerprint density at radius 3 is 2.52 bits per heavy atom. The van der Waals surface area contributed by atoms with Crippen molar-refractivity contribution in [2.45, 2.75) is 129 Å². The molecule has 3 heterocycles. The number of fused-ring (bicyclic) bond motifs is 1. The molecule has 6 heteroatoms. The fourth-order valence-electron chi connectivity index (χ4n) is 6.09. The van der Waals surface area contributed by atoms with E-state index in [1.54, 1.807) is 0 Å². The molecule has 10 atom stereocenters. The lowest BCUT2D eigenvalue weighted by atomic mass is 9.77. The summed E-state index contributed by atoms with van der Waals surface area (Å²) in [6, 6.07) is 0. The topological polar surface area (TPSA) is 71.1 Å². The summed E-state index contributed by atoms with van der Waals surface area (Å²) in [5.74, 6) is 0.540. The van der Waals surface area contributed by atoms with Crippen molar-refractivity contribution in [3.05, 3.63) is 12.2 Å². The second-order valence-corrected chi connectivity index (χ2v) is 10.4. The van der Waals surface area contributed by atoms with Gasteiger partial charge in [0, 0.05) is 25.7 Å². The first-order valence-corrected chi connectivity index (χ1v) is 13.0. The highest BCUT2D eigenvalue weighted by atomic mass is 16.6. The molecule has 3 aliphatic heterocycles. The molecule has 1 unspecified atom stereocenters. The van der Waals surface area contributed by atoms with Crippen molar-refractivity contribution in [2.24, 2.45) is 17.8 Å². The first-order valence-electron chi connectivity index (χ1n) is 13.0. The van der Waals surface area contributed by atoms with Crippen LogP contribution in [0.5, 0.6) is 0 Å². The summed E-state index contributed by atoms with van der Waals surface area (Å²) in [6.07, 6.45) is 7.23. The van der Waals surface area contributed by atoms with E-state index in [4.69, 9.17) is 18.9 Å². The molecule has 0 aromatic carbocycles. The summed E-state index contributed by atoms with van der Waals surface area (Å²) in [7, 11) is 0. The van der Waals surface area contributed by atoms with Gasteiger partial charge in [-0.3, -0.25) is 4.79 Å². The molecule has 3 aliphatic rings. The Morgan fingerprint density at radius 1 is 1.12 bits per heavy atom. The number of hydrogen-bond donors (Lipinski definition) is 0. The number of rotatable bonds is 9. The first kappa shape index (κ1) is 26.4. The third-order valence-corrected chi connectivity index (χ3v) is 7.98. The first-order chi connectivity index (χ1) is 15.8. The molecule has 0 aromatic heterocycles. The minimum absolute atomic E-state index is 0.00463. The number of esters is 1. The summed E-state index contributed by atoms with van der Waals surface area (Å²) in [6.45, 7) is 14.5. The highest BCUT2D eigenvalue weighted by Crippen LogP contribution is 2.43. The fraction of sp³-hybridized carbons (Fsp3) is 0.852. The second-order valence-electron chi connectivity index (χ2n) is 10.4. The highest BCUT2D eigenvalue weighted by Gasteiger charge is 2.51. The van der Waals surface area contributed by atoms with Gasteiger partial charge in [0.25, 0.3) is 0 Å². The van der Waals surface area contributed by atoms with Crippen molar-refractivity contribution >= 4 is 12.3 Å². The van der Waals surface area contributed by atoms with Crippen LogP contribution in [0.3, 0.4) is 0 Å². The maximum atomic E-state index is 12.0. The summed E-state index contributed by atoms with van der Waals surface area (Å²) >= 11 is 0. The molecule has 3 saturated heterocycles. The van der Waals surface area contributed by atoms with Crippen LogP contribution in [-0.4, -0.2) is 55.0 Å². The van der Waals surface area contributed by atoms with Crippen molar-refractivity contribution in [2.75, 3.05) is 0 Å². The Labute approximate surface area is 199 Å². The third-order valence-electron chi connectivity index (χ3n) is 7.98. The average Bonchev–Trinajstić information content (AvgIpc) is 2.78. The minimum Gasteiger partial charge on any atom is -0.459 e. The van der Waals surface area contributed by atoms with Crippen molar-refractivity contribution in [1.29, 1.82) is 0 Å². The zero-order valence-electron chi connectivity index (χ0n) is 21.2. The molecular weight excluding hydrogens is 420 g/mol. The average molecular weight is 465 g/mol. The van der Waals surface area contributed by atoms with Gasteiger partial charge in [0.05, 0.1) is 36.6 Å². The fourth-order valence-corrected chi connectivity index (χ4v) is 6.09. The van der Waals surface area contributed by atoms with E-state index in [1.807, 2.05) is 0 Å². The van der Waals surface area contributed by atoms with Crippen LogP contribution in [-0.2, 0) is 28.5 Å². The van der Waals surface area contributed by atoms with Crippen molar-refractivity contribution in [3.8, 4) is 0 Å². The summed E-state index contributed by atoms with van der Waals surface area (Å²) in [5, 5.41) is 0. The molecule has 6 nitrogen and oxygen atoms in total. The Morgan fingerprint density at radius 2 is 1.88 bits per heavy atom. The van der Waals surface area contributed by atoms with Gasteiger partial charge in [-0.15, -0.1) is 0 Å². The monoisotopic (exact) mass is 464 g/mol. The number of hydrogen-bond acceptors (Lipinski definition) is 6. The van der Waals surface area contributed by atoms with E-state index in [0.29, 0.717) is 24.7 Å². The van der Waals surface area contributed by atoms with Crippen LogP contribution in [0.2, 0.25) is 0 Å². The molecule has 0 bridgehead atoms. The van der Waals surface area contributed by atoms with E-state index < -0.39 is 0 Å². The van der Waals surface area contributed by atoms with E-state index in [1.165, 1.54) is 6.92 Å². The molecule has 0 radical (unpaired) electrons. The van der Waals surface area contributed by atoms with E-state index in [-0.39, 0.29) is 54.6 Å². The number of carbonyl (C=O) groups is 2. The van der Waals surface area contributed by atoms with Gasteiger partial charge in [-0.05, 0) is 43.1 Å². The molecule has 33 heavy (non-hydrogen) atoms. The number of ether oxygens (including phenoxy) is 4. The predicted octanol–water partition coefficient (Wildman–Crippen LogP) is 5.02. The van der Waals surface area contributed by atoms with Gasteiger partial charge in [-0.1, -0.05) is 47.1 Å². The summed E-state index contributed by atoms with van der Waals surface area (Å²) < 4.78 is 25.5. The van der Waals surface area contributed by atoms with Crippen molar-refractivity contribution in [3.63, 3.8) is 0 Å². The minimum atomic E-state index is -0.383. The van der Waals surface area contributed by atoms with Crippen LogP contribution in [0.25, 0.3) is 0 Å². The zero-order chi connectivity index (χ0) is 24.1. The lowest BCUT2D eigenvalue weighted by molar-refractivity contribution is -0.265. The van der Waals surface area contributed by atoms with Gasteiger partial charge in [-0.2, -0.15) is 0 Å². The lowest BCUT2D eigenvalue weighted by Gasteiger charge is -2.51. The second kappa shape index (κ2) is 11.9.